The summed E-state index contributed by atoms with van der Waals surface area (Å²) in [6.07, 6.45) is 1.55. The third kappa shape index (κ3) is 4.96. The van der Waals surface area contributed by atoms with E-state index in [2.05, 4.69) is 26.6 Å². The van der Waals surface area contributed by atoms with Gasteiger partial charge in [-0.1, -0.05) is 35.8 Å². The lowest BCUT2D eigenvalue weighted by molar-refractivity contribution is -0.124. The normalized spacial score (nSPS) is 12.0. The fourth-order valence-corrected chi connectivity index (χ4v) is 2.49. The molecule has 0 spiro atoms. The van der Waals surface area contributed by atoms with Gasteiger partial charge in [0.25, 0.3) is 5.91 Å². The summed E-state index contributed by atoms with van der Waals surface area (Å²) in [6, 6.07) is 9.97. The van der Waals surface area contributed by atoms with Crippen LogP contribution in [-0.4, -0.2) is 17.9 Å². The number of halogens is 1. The van der Waals surface area contributed by atoms with Crippen LogP contribution < -0.4 is 10.6 Å². The van der Waals surface area contributed by atoms with E-state index in [0.29, 0.717) is 17.9 Å². The molecule has 0 fully saturated rings. The molecule has 2 amide bonds. The molecule has 1 aromatic carbocycles. The summed E-state index contributed by atoms with van der Waals surface area (Å²) >= 11 is 3.33. The predicted octanol–water partition coefficient (Wildman–Crippen LogP) is 3.11. The van der Waals surface area contributed by atoms with Crippen LogP contribution >= 0.6 is 15.9 Å². The van der Waals surface area contributed by atoms with Gasteiger partial charge in [-0.25, -0.2) is 0 Å². The van der Waals surface area contributed by atoms with Gasteiger partial charge in [0, 0.05) is 10.0 Å². The molecule has 0 unspecified atom stereocenters. The zero-order valence-electron chi connectivity index (χ0n) is 13.0. The molecular weight excluding hydrogens is 360 g/mol. The maximum absolute atomic E-state index is 12.3. The van der Waals surface area contributed by atoms with Crippen molar-refractivity contribution in [2.75, 3.05) is 0 Å². The standard InChI is InChI=1S/C17H19BrN2O3/c1-11(2)15(17(22)19-10-14-7-4-8-23-14)20-16(21)12-5-3-6-13(18)9-12/h3-9,11,15H,10H2,1-2H3,(H,19,22)(H,20,21)/t15-/m0/s1. The summed E-state index contributed by atoms with van der Waals surface area (Å²) in [4.78, 5) is 24.7. The Hall–Kier alpha value is -2.08. The maximum Gasteiger partial charge on any atom is 0.251 e. The molecule has 5 nitrogen and oxygen atoms in total. The van der Waals surface area contributed by atoms with Crippen LogP contribution in [0.3, 0.4) is 0 Å². The van der Waals surface area contributed by atoms with Gasteiger partial charge < -0.3 is 15.1 Å². The van der Waals surface area contributed by atoms with Crippen LogP contribution in [0.4, 0.5) is 0 Å². The maximum atomic E-state index is 12.3. The Balaban J connectivity index is 2.00. The molecule has 122 valence electrons. The zero-order valence-corrected chi connectivity index (χ0v) is 14.6. The number of carbonyl (C=O) groups excluding carboxylic acids is 2. The van der Waals surface area contributed by atoms with Crippen molar-refractivity contribution < 1.29 is 14.0 Å². The highest BCUT2D eigenvalue weighted by Crippen LogP contribution is 2.12. The fraction of sp³-hybridized carbons (Fsp3) is 0.294. The first kappa shape index (κ1) is 17.3. The molecule has 2 aromatic rings. The molecule has 6 heteroatoms. The molecule has 0 aliphatic carbocycles. The van der Waals surface area contributed by atoms with Crippen LogP contribution in [0.2, 0.25) is 0 Å². The highest BCUT2D eigenvalue weighted by Gasteiger charge is 2.24. The number of hydrogen-bond acceptors (Lipinski definition) is 3. The largest absolute Gasteiger partial charge is 0.467 e. The Kier molecular flexibility index (Phi) is 5.98. The third-order valence-electron chi connectivity index (χ3n) is 3.34. The van der Waals surface area contributed by atoms with Crippen molar-refractivity contribution in [3.05, 3.63) is 58.5 Å². The molecule has 0 aliphatic heterocycles. The molecule has 0 radical (unpaired) electrons. The van der Waals surface area contributed by atoms with Gasteiger partial charge in [0.1, 0.15) is 11.8 Å². The summed E-state index contributed by atoms with van der Waals surface area (Å²) < 4.78 is 5.99. The number of amides is 2. The van der Waals surface area contributed by atoms with Crippen molar-refractivity contribution >= 4 is 27.7 Å². The van der Waals surface area contributed by atoms with Crippen LogP contribution in [0.1, 0.15) is 30.0 Å². The number of carbonyl (C=O) groups is 2. The molecule has 1 heterocycles. The second kappa shape index (κ2) is 7.97. The second-order valence-corrected chi connectivity index (χ2v) is 6.42. The van der Waals surface area contributed by atoms with E-state index in [4.69, 9.17) is 4.42 Å². The van der Waals surface area contributed by atoms with E-state index >= 15 is 0 Å². The third-order valence-corrected chi connectivity index (χ3v) is 3.83. The first-order valence-electron chi connectivity index (χ1n) is 7.34. The van der Waals surface area contributed by atoms with Crippen LogP contribution in [0.5, 0.6) is 0 Å². The molecule has 0 saturated heterocycles. The van der Waals surface area contributed by atoms with Gasteiger partial charge in [-0.05, 0) is 36.2 Å². The van der Waals surface area contributed by atoms with E-state index in [1.54, 1.807) is 36.6 Å². The first-order valence-corrected chi connectivity index (χ1v) is 8.13. The van der Waals surface area contributed by atoms with Crippen LogP contribution in [0.15, 0.2) is 51.6 Å². The molecule has 0 aliphatic rings. The molecule has 1 aromatic heterocycles. The SMILES string of the molecule is CC(C)[C@H](NC(=O)c1cccc(Br)c1)C(=O)NCc1ccco1. The Labute approximate surface area is 143 Å². The molecule has 23 heavy (non-hydrogen) atoms. The Morgan fingerprint density at radius 3 is 2.61 bits per heavy atom. The fourth-order valence-electron chi connectivity index (χ4n) is 2.09. The molecule has 2 N–H and O–H groups in total. The van der Waals surface area contributed by atoms with Gasteiger partial charge in [0.05, 0.1) is 12.8 Å². The molecular formula is C17H19BrN2O3. The molecule has 2 rings (SSSR count). The monoisotopic (exact) mass is 378 g/mol. The van der Waals surface area contributed by atoms with E-state index in [1.165, 1.54) is 0 Å². The van der Waals surface area contributed by atoms with Crippen molar-refractivity contribution in [2.24, 2.45) is 5.92 Å². The lowest BCUT2D eigenvalue weighted by atomic mass is 10.0. The van der Waals surface area contributed by atoms with Crippen LogP contribution in [0, 0.1) is 5.92 Å². The van der Waals surface area contributed by atoms with E-state index in [0.717, 1.165) is 4.47 Å². The van der Waals surface area contributed by atoms with E-state index in [9.17, 15) is 9.59 Å². The molecule has 0 saturated carbocycles. The lowest BCUT2D eigenvalue weighted by Crippen LogP contribution is -2.49. The quantitative estimate of drug-likeness (QED) is 0.810. The summed E-state index contributed by atoms with van der Waals surface area (Å²) in [6.45, 7) is 4.07. The Morgan fingerprint density at radius 1 is 1.22 bits per heavy atom. The van der Waals surface area contributed by atoms with Crippen molar-refractivity contribution in [1.82, 2.24) is 10.6 Å². The van der Waals surface area contributed by atoms with Gasteiger partial charge >= 0.3 is 0 Å². The van der Waals surface area contributed by atoms with E-state index in [1.807, 2.05) is 19.9 Å². The van der Waals surface area contributed by atoms with Crippen molar-refractivity contribution in [3.63, 3.8) is 0 Å². The number of furan rings is 1. The minimum atomic E-state index is -0.614. The topological polar surface area (TPSA) is 71.3 Å². The summed E-state index contributed by atoms with van der Waals surface area (Å²) in [7, 11) is 0. The van der Waals surface area contributed by atoms with Gasteiger partial charge in [0.15, 0.2) is 0 Å². The number of nitrogens with one attached hydrogen (secondary N) is 2. The smallest absolute Gasteiger partial charge is 0.251 e. The van der Waals surface area contributed by atoms with Gasteiger partial charge in [-0.3, -0.25) is 9.59 Å². The zero-order chi connectivity index (χ0) is 16.8. The summed E-state index contributed by atoms with van der Waals surface area (Å²) in [5.41, 5.74) is 0.504. The van der Waals surface area contributed by atoms with Crippen molar-refractivity contribution in [1.29, 1.82) is 0 Å². The molecule has 0 bridgehead atoms. The summed E-state index contributed by atoms with van der Waals surface area (Å²) in [5, 5.41) is 5.57. The van der Waals surface area contributed by atoms with Gasteiger partial charge in [-0.15, -0.1) is 0 Å². The number of hydrogen-bond donors (Lipinski definition) is 2. The number of benzene rings is 1. The minimum Gasteiger partial charge on any atom is -0.467 e. The van der Waals surface area contributed by atoms with E-state index in [-0.39, 0.29) is 17.7 Å². The predicted molar refractivity (Wildman–Crippen MR) is 90.8 cm³/mol. The van der Waals surface area contributed by atoms with Crippen LogP contribution in [0.25, 0.3) is 0 Å². The number of rotatable bonds is 6. The first-order chi connectivity index (χ1) is 11.0. The van der Waals surface area contributed by atoms with Crippen molar-refractivity contribution in [3.8, 4) is 0 Å². The van der Waals surface area contributed by atoms with E-state index < -0.39 is 6.04 Å². The lowest BCUT2D eigenvalue weighted by Gasteiger charge is -2.21. The average molecular weight is 379 g/mol. The minimum absolute atomic E-state index is 0.0392. The highest BCUT2D eigenvalue weighted by molar-refractivity contribution is 9.10. The Bertz CT molecular complexity index is 668. The van der Waals surface area contributed by atoms with Gasteiger partial charge in [-0.2, -0.15) is 0 Å². The van der Waals surface area contributed by atoms with Crippen LogP contribution in [-0.2, 0) is 11.3 Å². The second-order valence-electron chi connectivity index (χ2n) is 5.50. The summed E-state index contributed by atoms with van der Waals surface area (Å²) in [5.74, 6) is 0.111. The molecule has 1 atom stereocenters. The Morgan fingerprint density at radius 2 is 2.00 bits per heavy atom. The van der Waals surface area contributed by atoms with Gasteiger partial charge in [0.2, 0.25) is 5.91 Å². The highest BCUT2D eigenvalue weighted by atomic mass is 79.9. The van der Waals surface area contributed by atoms with Crippen molar-refractivity contribution in [2.45, 2.75) is 26.4 Å². The average Bonchev–Trinajstić information content (AvgIpc) is 3.03.